The topological polar surface area (TPSA) is 93.3 Å². The second-order valence-corrected chi connectivity index (χ2v) is 8.56. The molecule has 1 fully saturated rings. The average Bonchev–Trinajstić information content (AvgIpc) is 3.18. The molecule has 1 aromatic carbocycles. The summed E-state index contributed by atoms with van der Waals surface area (Å²) in [5.41, 5.74) is 0.965. The summed E-state index contributed by atoms with van der Waals surface area (Å²) in [6, 6.07) is 4.18. The lowest BCUT2D eigenvalue weighted by atomic mass is 10.1. The summed E-state index contributed by atoms with van der Waals surface area (Å²) in [5, 5.41) is 4.86. The van der Waals surface area contributed by atoms with Crippen molar-refractivity contribution in [2.75, 3.05) is 13.2 Å². The number of amides is 1. The van der Waals surface area contributed by atoms with Crippen molar-refractivity contribution in [1.29, 1.82) is 0 Å². The van der Waals surface area contributed by atoms with E-state index in [0.29, 0.717) is 22.4 Å². The molecule has 10 heteroatoms. The average molecular weight is 466 g/mol. The van der Waals surface area contributed by atoms with Gasteiger partial charge in [0.15, 0.2) is 0 Å². The van der Waals surface area contributed by atoms with Gasteiger partial charge in [-0.25, -0.2) is 9.37 Å². The first-order valence-corrected chi connectivity index (χ1v) is 11.2. The zero-order valence-corrected chi connectivity index (χ0v) is 18.2. The molecule has 3 aromatic rings. The summed E-state index contributed by atoms with van der Waals surface area (Å²) in [5.74, 6) is -1.16. The molecular formula is C21H21ClFN3O4S. The molecule has 7 nitrogen and oxygen atoms in total. The van der Waals surface area contributed by atoms with E-state index in [4.69, 9.17) is 21.1 Å². The Morgan fingerprint density at radius 3 is 3.06 bits per heavy atom. The number of H-pyrrole nitrogens is 1. The fraction of sp³-hybridized carbons (Fsp3) is 0.381. The first-order valence-electron chi connectivity index (χ1n) is 9.93. The Morgan fingerprint density at radius 2 is 2.29 bits per heavy atom. The van der Waals surface area contributed by atoms with Crippen LogP contribution in [0.3, 0.4) is 0 Å². The van der Waals surface area contributed by atoms with Gasteiger partial charge in [0, 0.05) is 18.7 Å². The van der Waals surface area contributed by atoms with Gasteiger partial charge in [-0.05, 0) is 42.3 Å². The minimum Gasteiger partial charge on any atom is -0.376 e. The van der Waals surface area contributed by atoms with Crippen molar-refractivity contribution in [3.63, 3.8) is 0 Å². The van der Waals surface area contributed by atoms with Crippen LogP contribution in [0.2, 0.25) is 5.02 Å². The van der Waals surface area contributed by atoms with Crippen molar-refractivity contribution in [1.82, 2.24) is 15.3 Å². The van der Waals surface area contributed by atoms with Crippen LogP contribution in [-0.2, 0) is 22.6 Å². The lowest BCUT2D eigenvalue weighted by Gasteiger charge is -2.22. The Kier molecular flexibility index (Phi) is 6.96. The largest absolute Gasteiger partial charge is 0.376 e. The van der Waals surface area contributed by atoms with E-state index in [1.54, 1.807) is 0 Å². The highest BCUT2D eigenvalue weighted by Crippen LogP contribution is 2.22. The van der Waals surface area contributed by atoms with Crippen LogP contribution in [0.15, 0.2) is 28.4 Å². The van der Waals surface area contributed by atoms with Crippen molar-refractivity contribution >= 4 is 39.1 Å². The summed E-state index contributed by atoms with van der Waals surface area (Å²) in [6.45, 7) is 1.64. The number of hydrogen-bond acceptors (Lipinski definition) is 6. The maximum atomic E-state index is 13.2. The molecule has 3 heterocycles. The van der Waals surface area contributed by atoms with Gasteiger partial charge in [-0.15, -0.1) is 11.3 Å². The third-order valence-electron chi connectivity index (χ3n) is 5.01. The van der Waals surface area contributed by atoms with Gasteiger partial charge in [-0.3, -0.25) is 9.59 Å². The molecule has 1 atom stereocenters. The fourth-order valence-corrected chi connectivity index (χ4v) is 4.50. The second kappa shape index (κ2) is 9.86. The summed E-state index contributed by atoms with van der Waals surface area (Å²) < 4.78 is 24.6. The third kappa shape index (κ3) is 5.30. The molecule has 2 aromatic heterocycles. The molecule has 4 rings (SSSR count). The lowest BCUT2D eigenvalue weighted by molar-refractivity contribution is -0.0445. The monoisotopic (exact) mass is 465 g/mol. The summed E-state index contributed by atoms with van der Waals surface area (Å²) in [6.07, 6.45) is 3.30. The minimum atomic E-state index is -0.542. The van der Waals surface area contributed by atoms with Gasteiger partial charge in [0.25, 0.3) is 11.5 Å². The predicted octanol–water partition coefficient (Wildman–Crippen LogP) is 3.79. The molecule has 1 aliphatic rings. The fourth-order valence-electron chi connectivity index (χ4n) is 3.38. The second-order valence-electron chi connectivity index (χ2n) is 7.29. The van der Waals surface area contributed by atoms with Crippen LogP contribution < -0.4 is 10.9 Å². The van der Waals surface area contributed by atoms with E-state index < -0.39 is 17.3 Å². The van der Waals surface area contributed by atoms with Crippen molar-refractivity contribution < 1.29 is 18.7 Å². The van der Waals surface area contributed by atoms with Crippen LogP contribution in [0, 0.1) is 5.82 Å². The van der Waals surface area contributed by atoms with Crippen LogP contribution in [0.5, 0.6) is 0 Å². The number of aromatic amines is 1. The van der Waals surface area contributed by atoms with E-state index in [1.165, 1.54) is 29.5 Å². The molecular weight excluding hydrogens is 445 g/mol. The lowest BCUT2D eigenvalue weighted by Crippen LogP contribution is -2.27. The van der Waals surface area contributed by atoms with Gasteiger partial charge in [0.05, 0.1) is 29.7 Å². The molecule has 2 N–H and O–H groups in total. The van der Waals surface area contributed by atoms with Gasteiger partial charge in [-0.1, -0.05) is 17.7 Å². The Balaban J connectivity index is 1.40. The number of carbonyl (C=O) groups is 1. The number of hydrogen-bond donors (Lipinski definition) is 2. The molecule has 1 aliphatic heterocycles. The standard InChI is InChI=1S/C21H21ClFN3O4S/c22-15-7-12(4-5-16(15)23)8-24-20(28)18-25-19(27)17-13(11-31-21(17)26-18)9-29-10-14-3-1-2-6-30-14/h4-5,7,11,14H,1-3,6,8-10H2,(H,24,28)(H,25,26,27). The first kappa shape index (κ1) is 21.9. The first-order chi connectivity index (χ1) is 15.0. The van der Waals surface area contributed by atoms with Crippen LogP contribution >= 0.6 is 22.9 Å². The normalized spacial score (nSPS) is 16.5. The number of aromatic nitrogens is 2. The van der Waals surface area contributed by atoms with Gasteiger partial charge < -0.3 is 19.8 Å². The van der Waals surface area contributed by atoms with Crippen molar-refractivity contribution in [2.45, 2.75) is 38.5 Å². The quantitative estimate of drug-likeness (QED) is 0.553. The molecule has 0 spiro atoms. The van der Waals surface area contributed by atoms with E-state index in [-0.39, 0.29) is 30.1 Å². The Labute approximate surface area is 186 Å². The minimum absolute atomic E-state index is 0.0249. The van der Waals surface area contributed by atoms with E-state index in [9.17, 15) is 14.0 Å². The predicted molar refractivity (Wildman–Crippen MR) is 116 cm³/mol. The maximum Gasteiger partial charge on any atom is 0.287 e. The number of halogens is 2. The van der Waals surface area contributed by atoms with Gasteiger partial charge >= 0.3 is 0 Å². The Morgan fingerprint density at radius 1 is 1.42 bits per heavy atom. The zero-order chi connectivity index (χ0) is 21.8. The summed E-state index contributed by atoms with van der Waals surface area (Å²) in [7, 11) is 0. The van der Waals surface area contributed by atoms with Crippen molar-refractivity contribution in [3.05, 3.63) is 61.7 Å². The molecule has 0 bridgehead atoms. The smallest absolute Gasteiger partial charge is 0.287 e. The summed E-state index contributed by atoms with van der Waals surface area (Å²) >= 11 is 7.03. The van der Waals surface area contributed by atoms with Crippen LogP contribution in [0.4, 0.5) is 4.39 Å². The Hall–Kier alpha value is -2.33. The van der Waals surface area contributed by atoms with E-state index in [2.05, 4.69) is 15.3 Å². The molecule has 1 unspecified atom stereocenters. The molecule has 0 radical (unpaired) electrons. The number of thiophene rings is 1. The number of fused-ring (bicyclic) bond motifs is 1. The number of ether oxygens (including phenoxy) is 2. The van der Waals surface area contributed by atoms with Crippen LogP contribution in [-0.4, -0.2) is 35.2 Å². The van der Waals surface area contributed by atoms with Gasteiger partial charge in [0.2, 0.25) is 5.82 Å². The number of rotatable bonds is 7. The SMILES string of the molecule is O=C(NCc1ccc(F)c(Cl)c1)c1nc2scc(COCC3CCCCO3)c2c(=O)[nH]1. The Bertz CT molecular complexity index is 1140. The summed E-state index contributed by atoms with van der Waals surface area (Å²) in [4.78, 5) is 32.3. The number of carbonyl (C=O) groups excluding carboxylic acids is 1. The molecule has 0 saturated carbocycles. The molecule has 0 aliphatic carbocycles. The van der Waals surface area contributed by atoms with E-state index >= 15 is 0 Å². The number of nitrogens with one attached hydrogen (secondary N) is 2. The third-order valence-corrected chi connectivity index (χ3v) is 6.22. The highest BCUT2D eigenvalue weighted by atomic mass is 35.5. The highest BCUT2D eigenvalue weighted by molar-refractivity contribution is 7.16. The molecule has 1 saturated heterocycles. The zero-order valence-electron chi connectivity index (χ0n) is 16.6. The number of nitrogens with zero attached hydrogens (tertiary/aromatic N) is 1. The van der Waals surface area contributed by atoms with E-state index in [1.807, 2.05) is 5.38 Å². The molecule has 31 heavy (non-hydrogen) atoms. The van der Waals surface area contributed by atoms with Crippen molar-refractivity contribution in [3.8, 4) is 0 Å². The molecule has 164 valence electrons. The van der Waals surface area contributed by atoms with Crippen LogP contribution in [0.1, 0.15) is 41.0 Å². The van der Waals surface area contributed by atoms with Crippen LogP contribution in [0.25, 0.3) is 10.2 Å². The van der Waals surface area contributed by atoms with E-state index in [0.717, 1.165) is 31.4 Å². The van der Waals surface area contributed by atoms with Crippen molar-refractivity contribution in [2.24, 2.45) is 0 Å². The highest BCUT2D eigenvalue weighted by Gasteiger charge is 2.17. The van der Waals surface area contributed by atoms with Gasteiger partial charge in [0.1, 0.15) is 10.6 Å². The van der Waals surface area contributed by atoms with Gasteiger partial charge in [-0.2, -0.15) is 0 Å². The maximum absolute atomic E-state index is 13.2. The molecule has 1 amide bonds. The number of benzene rings is 1.